The Labute approximate surface area is 125 Å². The topological polar surface area (TPSA) is 67.6 Å². The van der Waals surface area contributed by atoms with Crippen LogP contribution < -0.4 is 10.2 Å². The summed E-state index contributed by atoms with van der Waals surface area (Å²) in [6.07, 6.45) is 1.83. The average molecular weight is 293 g/mol. The lowest BCUT2D eigenvalue weighted by molar-refractivity contribution is -0.383. The molecule has 1 aliphatic heterocycles. The number of para-hydroxylation sites is 1. The van der Waals surface area contributed by atoms with E-state index >= 15 is 0 Å². The summed E-state index contributed by atoms with van der Waals surface area (Å²) in [5, 5.41) is 14.7. The predicted octanol–water partition coefficient (Wildman–Crippen LogP) is 3.03. The third-order valence-electron chi connectivity index (χ3n) is 3.77. The zero-order chi connectivity index (χ0) is 15.2. The van der Waals surface area contributed by atoms with Gasteiger partial charge in [0.15, 0.2) is 0 Å². The third-order valence-corrected chi connectivity index (χ3v) is 3.77. The molecule has 1 aromatic carbocycles. The van der Waals surface area contributed by atoms with Crippen LogP contribution in [0.3, 0.4) is 0 Å². The molecule has 1 unspecified atom stereocenters. The van der Waals surface area contributed by atoms with Crippen molar-refractivity contribution >= 4 is 17.1 Å². The van der Waals surface area contributed by atoms with Crippen LogP contribution in [-0.2, 0) is 4.74 Å². The molecule has 1 N–H and O–H groups in total. The van der Waals surface area contributed by atoms with E-state index in [4.69, 9.17) is 4.74 Å². The first kappa shape index (κ1) is 15.6. The summed E-state index contributed by atoms with van der Waals surface area (Å²) in [6.45, 7) is 6.77. The lowest BCUT2D eigenvalue weighted by Crippen LogP contribution is -2.45. The highest BCUT2D eigenvalue weighted by Gasteiger charge is 2.29. The zero-order valence-electron chi connectivity index (χ0n) is 12.7. The van der Waals surface area contributed by atoms with Crippen LogP contribution in [0, 0.1) is 10.1 Å². The van der Waals surface area contributed by atoms with Crippen molar-refractivity contribution in [2.75, 3.05) is 36.5 Å². The fourth-order valence-electron chi connectivity index (χ4n) is 2.67. The Balaban J connectivity index is 2.39. The molecule has 0 radical (unpaired) electrons. The number of morpholine rings is 1. The summed E-state index contributed by atoms with van der Waals surface area (Å²) >= 11 is 0. The van der Waals surface area contributed by atoms with Crippen LogP contribution in [0.4, 0.5) is 17.1 Å². The largest absolute Gasteiger partial charge is 0.379 e. The van der Waals surface area contributed by atoms with E-state index in [0.29, 0.717) is 31.1 Å². The Morgan fingerprint density at radius 3 is 2.95 bits per heavy atom. The molecule has 0 saturated carbocycles. The van der Waals surface area contributed by atoms with E-state index < -0.39 is 0 Å². The molecule has 0 aliphatic carbocycles. The first-order valence-electron chi connectivity index (χ1n) is 7.54. The third kappa shape index (κ3) is 3.44. The summed E-state index contributed by atoms with van der Waals surface area (Å²) in [7, 11) is 0. The Hall–Kier alpha value is -1.82. The van der Waals surface area contributed by atoms with Gasteiger partial charge in [0.2, 0.25) is 0 Å². The molecule has 0 amide bonds. The molecule has 2 rings (SSSR count). The molecular formula is C15H23N3O3. The van der Waals surface area contributed by atoms with E-state index in [1.165, 1.54) is 0 Å². The molecule has 116 valence electrons. The number of nitrogens with one attached hydrogen (secondary N) is 1. The second-order valence-electron chi connectivity index (χ2n) is 5.19. The van der Waals surface area contributed by atoms with Crippen LogP contribution in [0.25, 0.3) is 0 Å². The van der Waals surface area contributed by atoms with Gasteiger partial charge < -0.3 is 15.0 Å². The standard InChI is InChI=1S/C15H23N3O3/c1-3-8-16-13-6-5-7-14(15(13)18(19)20)17-9-10-21-11-12(17)4-2/h5-7,12,16H,3-4,8-11H2,1-2H3. The fraction of sp³-hybridized carbons (Fsp3) is 0.600. The number of rotatable bonds is 6. The lowest BCUT2D eigenvalue weighted by Gasteiger charge is -2.36. The van der Waals surface area contributed by atoms with Crippen molar-refractivity contribution in [3.05, 3.63) is 28.3 Å². The van der Waals surface area contributed by atoms with Crippen molar-refractivity contribution in [3.8, 4) is 0 Å². The van der Waals surface area contributed by atoms with Crippen molar-refractivity contribution in [1.82, 2.24) is 0 Å². The zero-order valence-corrected chi connectivity index (χ0v) is 12.7. The molecule has 0 aromatic heterocycles. The minimum absolute atomic E-state index is 0.173. The highest BCUT2D eigenvalue weighted by atomic mass is 16.6. The molecule has 1 fully saturated rings. The highest BCUT2D eigenvalue weighted by Crippen LogP contribution is 2.37. The van der Waals surface area contributed by atoms with Crippen molar-refractivity contribution in [2.24, 2.45) is 0 Å². The van der Waals surface area contributed by atoms with Crippen LogP contribution in [0.15, 0.2) is 18.2 Å². The van der Waals surface area contributed by atoms with Crippen LogP contribution in [0.2, 0.25) is 0 Å². The second-order valence-corrected chi connectivity index (χ2v) is 5.19. The molecule has 1 saturated heterocycles. The molecule has 0 bridgehead atoms. The maximum absolute atomic E-state index is 11.6. The normalized spacial score (nSPS) is 18.6. The van der Waals surface area contributed by atoms with Gasteiger partial charge in [-0.3, -0.25) is 10.1 Å². The molecule has 1 heterocycles. The van der Waals surface area contributed by atoms with E-state index in [2.05, 4.69) is 17.1 Å². The summed E-state index contributed by atoms with van der Waals surface area (Å²) in [4.78, 5) is 13.4. The Morgan fingerprint density at radius 1 is 1.48 bits per heavy atom. The first-order chi connectivity index (χ1) is 10.2. The van der Waals surface area contributed by atoms with Gasteiger partial charge in [-0.15, -0.1) is 0 Å². The summed E-state index contributed by atoms with van der Waals surface area (Å²) in [5.74, 6) is 0. The predicted molar refractivity (Wildman–Crippen MR) is 84.1 cm³/mol. The maximum Gasteiger partial charge on any atom is 0.315 e. The van der Waals surface area contributed by atoms with Gasteiger partial charge in [0.1, 0.15) is 11.4 Å². The number of hydrogen-bond donors (Lipinski definition) is 1. The van der Waals surface area contributed by atoms with Gasteiger partial charge in [0, 0.05) is 13.1 Å². The second kappa shape index (κ2) is 7.26. The van der Waals surface area contributed by atoms with Crippen LogP contribution >= 0.6 is 0 Å². The Bertz CT molecular complexity index is 493. The minimum atomic E-state index is -0.282. The van der Waals surface area contributed by atoms with Gasteiger partial charge in [-0.05, 0) is 25.0 Å². The number of nitro groups is 1. The number of benzene rings is 1. The van der Waals surface area contributed by atoms with E-state index in [-0.39, 0.29) is 16.7 Å². The van der Waals surface area contributed by atoms with E-state index in [0.717, 1.165) is 19.4 Å². The first-order valence-corrected chi connectivity index (χ1v) is 7.54. The van der Waals surface area contributed by atoms with Crippen molar-refractivity contribution < 1.29 is 9.66 Å². The SMILES string of the molecule is CCCNc1cccc(N2CCOCC2CC)c1[N+](=O)[O-]. The molecular weight excluding hydrogens is 270 g/mol. The minimum Gasteiger partial charge on any atom is -0.379 e. The van der Waals surface area contributed by atoms with Crippen molar-refractivity contribution in [1.29, 1.82) is 0 Å². The van der Waals surface area contributed by atoms with Gasteiger partial charge in [0.05, 0.1) is 24.2 Å². The molecule has 6 heteroatoms. The molecule has 1 atom stereocenters. The number of anilines is 2. The van der Waals surface area contributed by atoms with Gasteiger partial charge in [-0.25, -0.2) is 0 Å². The molecule has 21 heavy (non-hydrogen) atoms. The van der Waals surface area contributed by atoms with Crippen LogP contribution in [0.1, 0.15) is 26.7 Å². The number of hydrogen-bond acceptors (Lipinski definition) is 5. The monoisotopic (exact) mass is 293 g/mol. The number of ether oxygens (including phenoxy) is 1. The van der Waals surface area contributed by atoms with E-state index in [1.54, 1.807) is 6.07 Å². The summed E-state index contributed by atoms with van der Waals surface area (Å²) < 4.78 is 5.49. The lowest BCUT2D eigenvalue weighted by atomic mass is 10.1. The summed E-state index contributed by atoms with van der Waals surface area (Å²) in [6, 6.07) is 5.68. The van der Waals surface area contributed by atoms with Gasteiger partial charge in [-0.2, -0.15) is 0 Å². The van der Waals surface area contributed by atoms with E-state index in [9.17, 15) is 10.1 Å². The molecule has 6 nitrogen and oxygen atoms in total. The number of nitro benzene ring substituents is 1. The number of nitrogens with zero attached hydrogens (tertiary/aromatic N) is 2. The average Bonchev–Trinajstić information content (AvgIpc) is 2.52. The van der Waals surface area contributed by atoms with Crippen LogP contribution in [-0.4, -0.2) is 37.3 Å². The molecule has 1 aromatic rings. The van der Waals surface area contributed by atoms with Gasteiger partial charge >= 0.3 is 5.69 Å². The van der Waals surface area contributed by atoms with E-state index in [1.807, 2.05) is 19.1 Å². The van der Waals surface area contributed by atoms with Crippen molar-refractivity contribution in [3.63, 3.8) is 0 Å². The maximum atomic E-state index is 11.6. The Kier molecular flexibility index (Phi) is 5.38. The quantitative estimate of drug-likeness (QED) is 0.645. The van der Waals surface area contributed by atoms with Gasteiger partial charge in [-0.1, -0.05) is 19.9 Å². The van der Waals surface area contributed by atoms with Crippen LogP contribution in [0.5, 0.6) is 0 Å². The van der Waals surface area contributed by atoms with Gasteiger partial charge in [0.25, 0.3) is 0 Å². The smallest absolute Gasteiger partial charge is 0.315 e. The highest BCUT2D eigenvalue weighted by molar-refractivity contribution is 5.77. The molecule has 1 aliphatic rings. The van der Waals surface area contributed by atoms with Crippen molar-refractivity contribution in [2.45, 2.75) is 32.7 Å². The summed E-state index contributed by atoms with van der Waals surface area (Å²) in [5.41, 5.74) is 1.46. The Morgan fingerprint density at radius 2 is 2.29 bits per heavy atom. The molecule has 0 spiro atoms. The fourth-order valence-corrected chi connectivity index (χ4v) is 2.67.